The van der Waals surface area contributed by atoms with Crippen molar-refractivity contribution >= 4 is 11.2 Å². The molecule has 0 bridgehead atoms. The van der Waals surface area contributed by atoms with Gasteiger partial charge in [-0.05, 0) is 25.6 Å². The van der Waals surface area contributed by atoms with Gasteiger partial charge in [0.25, 0.3) is 0 Å². The number of hydrogen-bond acceptors (Lipinski definition) is 3. The summed E-state index contributed by atoms with van der Waals surface area (Å²) in [5.74, 6) is 1.18. The summed E-state index contributed by atoms with van der Waals surface area (Å²) in [4.78, 5) is 11.5. The van der Waals surface area contributed by atoms with Crippen LogP contribution in [0, 0.1) is 6.92 Å². The van der Waals surface area contributed by atoms with E-state index in [9.17, 15) is 0 Å². The van der Waals surface area contributed by atoms with Gasteiger partial charge in [-0.1, -0.05) is 0 Å². The predicted octanol–water partition coefficient (Wildman–Crippen LogP) is 1.23. The van der Waals surface area contributed by atoms with E-state index in [2.05, 4.69) is 39.5 Å². The second-order valence-corrected chi connectivity index (χ2v) is 4.59. The zero-order chi connectivity index (χ0) is 11.1. The van der Waals surface area contributed by atoms with Crippen LogP contribution in [0.2, 0.25) is 0 Å². The normalized spacial score (nSPS) is 17.4. The summed E-state index contributed by atoms with van der Waals surface area (Å²) in [6.45, 7) is 5.22. The monoisotopic (exact) mass is 216 g/mol. The highest BCUT2D eigenvalue weighted by Crippen LogP contribution is 2.17. The quantitative estimate of drug-likeness (QED) is 0.664. The lowest BCUT2D eigenvalue weighted by Gasteiger charge is -2.11. The number of aryl methyl sites for hydroxylation is 1. The Kier molecular flexibility index (Phi) is 2.17. The number of aromatic nitrogens is 3. The highest BCUT2D eigenvalue weighted by atomic mass is 15.2. The molecule has 0 N–H and O–H groups in total. The van der Waals surface area contributed by atoms with Crippen molar-refractivity contribution in [1.29, 1.82) is 0 Å². The minimum Gasteiger partial charge on any atom is -0.311 e. The van der Waals surface area contributed by atoms with Crippen molar-refractivity contribution in [3.63, 3.8) is 0 Å². The van der Waals surface area contributed by atoms with Gasteiger partial charge >= 0.3 is 0 Å². The Balaban J connectivity index is 2.15. The first-order valence-electron chi connectivity index (χ1n) is 5.74. The first kappa shape index (κ1) is 9.78. The lowest BCUT2D eigenvalue weighted by atomic mass is 10.3. The first-order valence-corrected chi connectivity index (χ1v) is 5.74. The molecular formula is C12H16N4. The van der Waals surface area contributed by atoms with Gasteiger partial charge in [0.15, 0.2) is 5.65 Å². The van der Waals surface area contributed by atoms with Crippen LogP contribution in [-0.2, 0) is 13.0 Å². The van der Waals surface area contributed by atoms with E-state index in [1.807, 2.05) is 6.20 Å². The van der Waals surface area contributed by atoms with E-state index < -0.39 is 0 Å². The van der Waals surface area contributed by atoms with E-state index in [0.717, 1.165) is 37.2 Å². The van der Waals surface area contributed by atoms with Crippen molar-refractivity contribution < 1.29 is 0 Å². The lowest BCUT2D eigenvalue weighted by Crippen LogP contribution is -2.21. The highest BCUT2D eigenvalue weighted by Gasteiger charge is 2.16. The van der Waals surface area contributed by atoms with Crippen LogP contribution in [0.15, 0.2) is 12.3 Å². The van der Waals surface area contributed by atoms with Crippen molar-refractivity contribution in [1.82, 2.24) is 19.4 Å². The zero-order valence-electron chi connectivity index (χ0n) is 9.77. The second kappa shape index (κ2) is 3.56. The van der Waals surface area contributed by atoms with Crippen molar-refractivity contribution in [2.75, 3.05) is 20.1 Å². The van der Waals surface area contributed by atoms with Crippen LogP contribution in [0.3, 0.4) is 0 Å². The van der Waals surface area contributed by atoms with E-state index in [1.165, 1.54) is 11.4 Å². The third kappa shape index (κ3) is 1.50. The molecule has 0 aromatic carbocycles. The minimum absolute atomic E-state index is 0.998. The Hall–Kier alpha value is -1.42. The fourth-order valence-electron chi connectivity index (χ4n) is 2.26. The van der Waals surface area contributed by atoms with Gasteiger partial charge in [-0.3, -0.25) is 0 Å². The topological polar surface area (TPSA) is 34.0 Å². The summed E-state index contributed by atoms with van der Waals surface area (Å²) in [5, 5.41) is 0. The Morgan fingerprint density at radius 3 is 3.00 bits per heavy atom. The molecular weight excluding hydrogens is 200 g/mol. The Bertz CT molecular complexity index is 529. The van der Waals surface area contributed by atoms with Crippen molar-refractivity contribution in [3.8, 4) is 0 Å². The fourth-order valence-corrected chi connectivity index (χ4v) is 2.26. The van der Waals surface area contributed by atoms with Crippen molar-refractivity contribution in [2.24, 2.45) is 0 Å². The fraction of sp³-hybridized carbons (Fsp3) is 0.500. The largest absolute Gasteiger partial charge is 0.311 e. The van der Waals surface area contributed by atoms with Crippen molar-refractivity contribution in [2.45, 2.75) is 19.9 Å². The smallest absolute Gasteiger partial charge is 0.160 e. The third-order valence-electron chi connectivity index (χ3n) is 3.22. The number of likely N-dealkylation sites (N-methyl/N-ethyl adjacent to an activating group) is 1. The molecule has 16 heavy (non-hydrogen) atoms. The SMILES string of the molecule is Cc1cnc2c(c1)nc1n2CCN(C)CC1. The molecule has 4 nitrogen and oxygen atoms in total. The summed E-state index contributed by atoms with van der Waals surface area (Å²) in [6.07, 6.45) is 2.94. The standard InChI is InChI=1S/C12H16N4/c1-9-7-10-12(13-8-9)16-6-5-15(2)4-3-11(16)14-10/h7-8H,3-6H2,1-2H3. The molecule has 2 aromatic rings. The van der Waals surface area contributed by atoms with Gasteiger partial charge in [0, 0.05) is 32.3 Å². The van der Waals surface area contributed by atoms with Gasteiger partial charge in [0.2, 0.25) is 0 Å². The number of imidazole rings is 1. The van der Waals surface area contributed by atoms with E-state index in [0.29, 0.717) is 0 Å². The number of fused-ring (bicyclic) bond motifs is 3. The highest BCUT2D eigenvalue weighted by molar-refractivity contribution is 5.72. The van der Waals surface area contributed by atoms with Crippen LogP contribution in [-0.4, -0.2) is 39.6 Å². The molecule has 4 heteroatoms. The van der Waals surface area contributed by atoms with E-state index in [1.54, 1.807) is 0 Å². The zero-order valence-corrected chi connectivity index (χ0v) is 9.77. The maximum Gasteiger partial charge on any atom is 0.160 e. The Morgan fingerprint density at radius 2 is 2.12 bits per heavy atom. The van der Waals surface area contributed by atoms with Crippen molar-refractivity contribution in [3.05, 3.63) is 23.7 Å². The van der Waals surface area contributed by atoms with Crippen LogP contribution in [0.4, 0.5) is 0 Å². The van der Waals surface area contributed by atoms with E-state index in [-0.39, 0.29) is 0 Å². The maximum atomic E-state index is 4.68. The first-order chi connectivity index (χ1) is 7.74. The summed E-state index contributed by atoms with van der Waals surface area (Å²) < 4.78 is 2.26. The molecule has 1 aliphatic heterocycles. The molecule has 0 spiro atoms. The number of nitrogens with zero attached hydrogens (tertiary/aromatic N) is 4. The molecule has 3 rings (SSSR count). The Labute approximate surface area is 94.9 Å². The molecule has 2 aromatic heterocycles. The summed E-state index contributed by atoms with van der Waals surface area (Å²) in [5.41, 5.74) is 3.26. The van der Waals surface area contributed by atoms with E-state index >= 15 is 0 Å². The van der Waals surface area contributed by atoms with Crippen LogP contribution in [0.5, 0.6) is 0 Å². The minimum atomic E-state index is 0.998. The molecule has 3 heterocycles. The number of hydrogen-bond donors (Lipinski definition) is 0. The maximum absolute atomic E-state index is 4.68. The summed E-state index contributed by atoms with van der Waals surface area (Å²) >= 11 is 0. The summed E-state index contributed by atoms with van der Waals surface area (Å²) in [6, 6.07) is 2.12. The number of pyridine rings is 1. The molecule has 84 valence electrons. The van der Waals surface area contributed by atoms with E-state index in [4.69, 9.17) is 0 Å². The van der Waals surface area contributed by atoms with Gasteiger partial charge < -0.3 is 9.47 Å². The second-order valence-electron chi connectivity index (χ2n) is 4.59. The molecule has 0 aliphatic carbocycles. The van der Waals surface area contributed by atoms with Gasteiger partial charge in [-0.25, -0.2) is 9.97 Å². The predicted molar refractivity (Wildman–Crippen MR) is 63.5 cm³/mol. The average molecular weight is 216 g/mol. The molecule has 0 saturated carbocycles. The Morgan fingerprint density at radius 1 is 1.25 bits per heavy atom. The molecule has 0 fully saturated rings. The molecule has 0 radical (unpaired) electrons. The van der Waals surface area contributed by atoms with Crippen LogP contribution < -0.4 is 0 Å². The molecule has 0 amide bonds. The summed E-state index contributed by atoms with van der Waals surface area (Å²) in [7, 11) is 2.16. The van der Waals surface area contributed by atoms with Crippen LogP contribution in [0.25, 0.3) is 11.2 Å². The van der Waals surface area contributed by atoms with Crippen LogP contribution in [0.1, 0.15) is 11.4 Å². The molecule has 0 atom stereocenters. The average Bonchev–Trinajstić information content (AvgIpc) is 2.50. The van der Waals surface area contributed by atoms with Gasteiger partial charge in [0.05, 0.1) is 0 Å². The van der Waals surface area contributed by atoms with Gasteiger partial charge in [-0.2, -0.15) is 0 Å². The number of rotatable bonds is 0. The molecule has 1 aliphatic rings. The lowest BCUT2D eigenvalue weighted by molar-refractivity contribution is 0.342. The van der Waals surface area contributed by atoms with Gasteiger partial charge in [0.1, 0.15) is 11.3 Å². The van der Waals surface area contributed by atoms with Gasteiger partial charge in [-0.15, -0.1) is 0 Å². The third-order valence-corrected chi connectivity index (χ3v) is 3.22. The molecule has 0 unspecified atom stereocenters. The molecule has 0 saturated heterocycles. The van der Waals surface area contributed by atoms with Crippen LogP contribution >= 0.6 is 0 Å².